The molecule has 0 aromatic rings. The first-order valence-electron chi connectivity index (χ1n) is 7.21. The van der Waals surface area contributed by atoms with Gasteiger partial charge in [0.1, 0.15) is 5.60 Å². The second kappa shape index (κ2) is 8.94. The van der Waals surface area contributed by atoms with Gasteiger partial charge in [-0.1, -0.05) is 39.0 Å². The van der Waals surface area contributed by atoms with Gasteiger partial charge in [0.05, 0.1) is 12.3 Å². The van der Waals surface area contributed by atoms with Crippen molar-refractivity contribution in [3.8, 4) is 0 Å². The van der Waals surface area contributed by atoms with E-state index in [4.69, 9.17) is 9.84 Å². The highest BCUT2D eigenvalue weighted by molar-refractivity contribution is 5.78. The molecule has 4 nitrogen and oxygen atoms in total. The van der Waals surface area contributed by atoms with Crippen LogP contribution in [0.5, 0.6) is 0 Å². The maximum atomic E-state index is 11.6. The van der Waals surface area contributed by atoms with Gasteiger partial charge in [-0.3, -0.25) is 9.59 Å². The number of carboxylic acids is 1. The zero-order valence-electron chi connectivity index (χ0n) is 12.7. The number of ether oxygens (including phenoxy) is 1. The van der Waals surface area contributed by atoms with Gasteiger partial charge in [0.15, 0.2) is 0 Å². The fourth-order valence-corrected chi connectivity index (χ4v) is 1.89. The Morgan fingerprint density at radius 2 is 1.68 bits per heavy atom. The van der Waals surface area contributed by atoms with Crippen LogP contribution < -0.4 is 0 Å². The van der Waals surface area contributed by atoms with Crippen LogP contribution in [0.25, 0.3) is 0 Å². The lowest BCUT2D eigenvalue weighted by atomic mass is 9.97. The van der Waals surface area contributed by atoms with Crippen LogP contribution in [0.2, 0.25) is 0 Å². The number of carbonyl (C=O) groups excluding carboxylic acids is 1. The molecular weight excluding hydrogens is 244 g/mol. The van der Waals surface area contributed by atoms with Crippen molar-refractivity contribution < 1.29 is 19.4 Å². The van der Waals surface area contributed by atoms with Crippen molar-refractivity contribution in [1.82, 2.24) is 0 Å². The second-order valence-electron chi connectivity index (χ2n) is 6.03. The molecule has 0 amide bonds. The fourth-order valence-electron chi connectivity index (χ4n) is 1.89. The molecule has 1 N–H and O–H groups in total. The van der Waals surface area contributed by atoms with E-state index >= 15 is 0 Å². The van der Waals surface area contributed by atoms with Crippen molar-refractivity contribution in [2.75, 3.05) is 0 Å². The van der Waals surface area contributed by atoms with Crippen molar-refractivity contribution in [3.05, 3.63) is 0 Å². The summed E-state index contributed by atoms with van der Waals surface area (Å²) in [6.07, 6.45) is 5.91. The summed E-state index contributed by atoms with van der Waals surface area (Å²) in [5.41, 5.74) is -0.554. The maximum absolute atomic E-state index is 11.6. The minimum atomic E-state index is -0.902. The second-order valence-corrected chi connectivity index (χ2v) is 6.03. The highest BCUT2D eigenvalue weighted by Crippen LogP contribution is 2.18. The van der Waals surface area contributed by atoms with Gasteiger partial charge in [0.2, 0.25) is 0 Å². The van der Waals surface area contributed by atoms with E-state index < -0.39 is 23.5 Å². The average molecular weight is 272 g/mol. The van der Waals surface area contributed by atoms with E-state index in [9.17, 15) is 9.59 Å². The fraction of sp³-hybridized carbons (Fsp3) is 0.867. The predicted molar refractivity (Wildman–Crippen MR) is 75.0 cm³/mol. The summed E-state index contributed by atoms with van der Waals surface area (Å²) in [4.78, 5) is 22.7. The molecule has 0 heterocycles. The number of unbranched alkanes of at least 4 members (excludes halogenated alkanes) is 4. The van der Waals surface area contributed by atoms with Crippen LogP contribution in [-0.2, 0) is 14.3 Å². The smallest absolute Gasteiger partial charge is 0.307 e. The number of carboxylic acid groups (broad SMARTS) is 1. The van der Waals surface area contributed by atoms with Crippen molar-refractivity contribution >= 4 is 11.9 Å². The first-order valence-corrected chi connectivity index (χ1v) is 7.21. The van der Waals surface area contributed by atoms with Crippen LogP contribution in [0.15, 0.2) is 0 Å². The van der Waals surface area contributed by atoms with Crippen molar-refractivity contribution in [2.45, 2.75) is 78.2 Å². The topological polar surface area (TPSA) is 63.6 Å². The van der Waals surface area contributed by atoms with Crippen LogP contribution in [0.1, 0.15) is 72.6 Å². The Labute approximate surface area is 116 Å². The largest absolute Gasteiger partial charge is 0.481 e. The van der Waals surface area contributed by atoms with E-state index in [0.29, 0.717) is 6.42 Å². The summed E-state index contributed by atoms with van der Waals surface area (Å²) in [5.74, 6) is -1.94. The first-order chi connectivity index (χ1) is 8.76. The molecule has 1 atom stereocenters. The van der Waals surface area contributed by atoms with E-state index in [2.05, 4.69) is 6.92 Å². The molecule has 0 aromatic heterocycles. The SMILES string of the molecule is CCCCCCC[C@H](CC(=O)OC(C)(C)C)C(=O)O. The molecular formula is C15H28O4. The Morgan fingerprint density at radius 1 is 1.11 bits per heavy atom. The molecule has 0 rings (SSSR count). The summed E-state index contributed by atoms with van der Waals surface area (Å²) in [6, 6.07) is 0. The standard InChI is InChI=1S/C15H28O4/c1-5-6-7-8-9-10-12(14(17)18)11-13(16)19-15(2,3)4/h12H,5-11H2,1-4H3,(H,17,18)/t12-/m1/s1. The molecule has 0 saturated heterocycles. The van der Waals surface area contributed by atoms with Gasteiger partial charge < -0.3 is 9.84 Å². The van der Waals surface area contributed by atoms with E-state index in [0.717, 1.165) is 19.3 Å². The van der Waals surface area contributed by atoms with Gasteiger partial charge >= 0.3 is 11.9 Å². The van der Waals surface area contributed by atoms with Crippen LogP contribution >= 0.6 is 0 Å². The molecule has 0 aliphatic heterocycles. The Kier molecular flexibility index (Phi) is 8.44. The van der Waals surface area contributed by atoms with Gasteiger partial charge in [-0.05, 0) is 27.2 Å². The Hall–Kier alpha value is -1.06. The number of rotatable bonds is 9. The lowest BCUT2D eigenvalue weighted by Gasteiger charge is -2.21. The van der Waals surface area contributed by atoms with E-state index in [1.807, 2.05) is 0 Å². The Balaban J connectivity index is 4.05. The molecule has 19 heavy (non-hydrogen) atoms. The summed E-state index contributed by atoms with van der Waals surface area (Å²) in [6.45, 7) is 7.49. The molecule has 0 radical (unpaired) electrons. The average Bonchev–Trinajstić information content (AvgIpc) is 2.24. The molecule has 4 heteroatoms. The minimum Gasteiger partial charge on any atom is -0.481 e. The normalized spacial score (nSPS) is 13.1. The Morgan fingerprint density at radius 3 is 2.16 bits per heavy atom. The number of hydrogen-bond donors (Lipinski definition) is 1. The third-order valence-electron chi connectivity index (χ3n) is 2.84. The van der Waals surface area contributed by atoms with Crippen molar-refractivity contribution in [1.29, 1.82) is 0 Å². The number of carbonyl (C=O) groups is 2. The van der Waals surface area contributed by atoms with Gasteiger partial charge in [0, 0.05) is 0 Å². The molecule has 0 saturated carbocycles. The molecule has 0 aliphatic rings. The lowest BCUT2D eigenvalue weighted by molar-refractivity contribution is -0.160. The molecule has 0 unspecified atom stereocenters. The molecule has 0 aromatic carbocycles. The van der Waals surface area contributed by atoms with E-state index in [1.54, 1.807) is 20.8 Å². The van der Waals surface area contributed by atoms with Crippen molar-refractivity contribution in [3.63, 3.8) is 0 Å². The molecule has 0 bridgehead atoms. The molecule has 0 aliphatic carbocycles. The third-order valence-corrected chi connectivity index (χ3v) is 2.84. The minimum absolute atomic E-state index is 0.0274. The van der Waals surface area contributed by atoms with Crippen molar-refractivity contribution in [2.24, 2.45) is 5.92 Å². The van der Waals surface area contributed by atoms with Crippen LogP contribution in [0.4, 0.5) is 0 Å². The summed E-state index contributed by atoms with van der Waals surface area (Å²) >= 11 is 0. The van der Waals surface area contributed by atoms with Gasteiger partial charge in [-0.15, -0.1) is 0 Å². The maximum Gasteiger partial charge on any atom is 0.307 e. The molecule has 112 valence electrons. The van der Waals surface area contributed by atoms with E-state index in [-0.39, 0.29) is 6.42 Å². The summed E-state index contributed by atoms with van der Waals surface area (Å²) < 4.78 is 5.16. The Bertz CT molecular complexity index is 278. The molecule has 0 spiro atoms. The number of aliphatic carboxylic acids is 1. The third kappa shape index (κ3) is 10.5. The lowest BCUT2D eigenvalue weighted by Crippen LogP contribution is -2.27. The summed E-state index contributed by atoms with van der Waals surface area (Å²) in [5, 5.41) is 9.12. The predicted octanol–water partition coefficient (Wildman–Crippen LogP) is 3.78. The van der Waals surface area contributed by atoms with Crippen LogP contribution in [0.3, 0.4) is 0 Å². The molecule has 0 fully saturated rings. The van der Waals surface area contributed by atoms with Gasteiger partial charge in [-0.2, -0.15) is 0 Å². The van der Waals surface area contributed by atoms with Gasteiger partial charge in [-0.25, -0.2) is 0 Å². The first kappa shape index (κ1) is 17.9. The van der Waals surface area contributed by atoms with Gasteiger partial charge in [0.25, 0.3) is 0 Å². The zero-order valence-corrected chi connectivity index (χ0v) is 12.7. The highest BCUT2D eigenvalue weighted by Gasteiger charge is 2.24. The quantitative estimate of drug-likeness (QED) is 0.512. The van der Waals surface area contributed by atoms with Crippen LogP contribution in [-0.4, -0.2) is 22.6 Å². The highest BCUT2D eigenvalue weighted by atomic mass is 16.6. The summed E-state index contributed by atoms with van der Waals surface area (Å²) in [7, 11) is 0. The number of hydrogen-bond acceptors (Lipinski definition) is 3. The van der Waals surface area contributed by atoms with E-state index in [1.165, 1.54) is 12.8 Å². The van der Waals surface area contributed by atoms with Crippen LogP contribution in [0, 0.1) is 5.92 Å². The monoisotopic (exact) mass is 272 g/mol. The zero-order chi connectivity index (χ0) is 14.9. The number of esters is 1.